The molecule has 0 radical (unpaired) electrons. The molecule has 0 saturated heterocycles. The summed E-state index contributed by atoms with van der Waals surface area (Å²) in [5.74, 6) is 0.227. The highest BCUT2D eigenvalue weighted by Gasteiger charge is 2.04. The highest BCUT2D eigenvalue weighted by atomic mass is 32.2. The predicted octanol–water partition coefficient (Wildman–Crippen LogP) is 3.42. The van der Waals surface area contributed by atoms with Crippen molar-refractivity contribution in [2.45, 2.75) is 18.2 Å². The fraction of sp³-hybridized carbons (Fsp3) is 0.176. The third-order valence-electron chi connectivity index (χ3n) is 3.15. The van der Waals surface area contributed by atoms with Gasteiger partial charge in [0.15, 0.2) is 0 Å². The van der Waals surface area contributed by atoms with Crippen LogP contribution in [0, 0.1) is 6.92 Å². The van der Waals surface area contributed by atoms with E-state index in [0.29, 0.717) is 13.0 Å². The molecule has 0 heterocycles. The lowest BCUT2D eigenvalue weighted by molar-refractivity contribution is 0.475. The lowest BCUT2D eigenvalue weighted by Gasteiger charge is -2.08. The van der Waals surface area contributed by atoms with E-state index < -0.39 is 11.0 Å². The van der Waals surface area contributed by atoms with E-state index in [-0.39, 0.29) is 5.75 Å². The molecule has 0 aromatic heterocycles. The van der Waals surface area contributed by atoms with Gasteiger partial charge in [-0.2, -0.15) is 0 Å². The fourth-order valence-electron chi connectivity index (χ4n) is 1.91. The first-order valence-corrected chi connectivity index (χ1v) is 7.90. The zero-order valence-corrected chi connectivity index (χ0v) is 12.8. The van der Waals surface area contributed by atoms with E-state index in [9.17, 15) is 9.32 Å². The van der Waals surface area contributed by atoms with E-state index in [0.717, 1.165) is 21.6 Å². The second-order valence-corrected chi connectivity index (χ2v) is 6.18. The molecule has 3 nitrogen and oxygen atoms in total. The summed E-state index contributed by atoms with van der Waals surface area (Å²) in [6.07, 6.45) is 0.668. The van der Waals surface area contributed by atoms with Gasteiger partial charge < -0.3 is 5.11 Å². The summed E-state index contributed by atoms with van der Waals surface area (Å²) in [7, 11) is -1.21. The van der Waals surface area contributed by atoms with Gasteiger partial charge in [-0.15, -0.1) is 0 Å². The van der Waals surface area contributed by atoms with Crippen LogP contribution in [0.2, 0.25) is 0 Å². The molecule has 1 atom stereocenters. The fourth-order valence-corrected chi connectivity index (χ4v) is 2.75. The molecular formula is C17H19NO2S. The van der Waals surface area contributed by atoms with Crippen molar-refractivity contribution >= 4 is 16.6 Å². The van der Waals surface area contributed by atoms with Crippen LogP contribution in [0.15, 0.2) is 60.0 Å². The number of rotatable bonds is 6. The molecule has 1 unspecified atom stereocenters. The minimum atomic E-state index is -1.21. The van der Waals surface area contributed by atoms with E-state index in [1.807, 2.05) is 37.3 Å². The minimum absolute atomic E-state index is 0.227. The molecule has 0 bridgehead atoms. The molecule has 0 aliphatic carbocycles. The number of phenolic OH excluding ortho intramolecular Hbond substituents is 1. The smallest absolute Gasteiger partial charge is 0.124 e. The van der Waals surface area contributed by atoms with E-state index >= 15 is 0 Å². The van der Waals surface area contributed by atoms with Gasteiger partial charge in [-0.05, 0) is 48.7 Å². The molecule has 0 spiro atoms. The molecule has 2 aromatic rings. The Bertz CT molecular complexity index is 650. The molecular weight excluding hydrogens is 282 g/mol. The van der Waals surface area contributed by atoms with Crippen LogP contribution in [-0.4, -0.2) is 15.9 Å². The van der Waals surface area contributed by atoms with Crippen molar-refractivity contribution < 1.29 is 9.32 Å². The maximum Gasteiger partial charge on any atom is 0.124 e. The van der Waals surface area contributed by atoms with Crippen LogP contribution in [0.25, 0.3) is 5.57 Å². The van der Waals surface area contributed by atoms with Crippen LogP contribution in [0.5, 0.6) is 5.75 Å². The number of hydrogen-bond acceptors (Lipinski definition) is 2. The first kappa shape index (κ1) is 15.5. The largest absolute Gasteiger partial charge is 0.508 e. The minimum Gasteiger partial charge on any atom is -0.508 e. The highest BCUT2D eigenvalue weighted by molar-refractivity contribution is 7.83. The molecule has 0 aliphatic rings. The molecule has 0 saturated carbocycles. The van der Waals surface area contributed by atoms with Gasteiger partial charge in [-0.3, -0.25) is 0 Å². The van der Waals surface area contributed by atoms with Crippen LogP contribution < -0.4 is 4.72 Å². The topological polar surface area (TPSA) is 49.3 Å². The molecule has 110 valence electrons. The second kappa shape index (κ2) is 7.20. The quantitative estimate of drug-likeness (QED) is 0.859. The van der Waals surface area contributed by atoms with Crippen molar-refractivity contribution in [2.75, 3.05) is 6.54 Å². The summed E-state index contributed by atoms with van der Waals surface area (Å²) < 4.78 is 15.0. The zero-order chi connectivity index (χ0) is 15.2. The van der Waals surface area contributed by atoms with E-state index in [1.165, 1.54) is 0 Å². The van der Waals surface area contributed by atoms with Gasteiger partial charge >= 0.3 is 0 Å². The van der Waals surface area contributed by atoms with Crippen LogP contribution in [-0.2, 0) is 11.0 Å². The maximum atomic E-state index is 12.1. The normalized spacial score (nSPS) is 12.0. The molecule has 0 fully saturated rings. The van der Waals surface area contributed by atoms with E-state index in [2.05, 4.69) is 11.3 Å². The Balaban J connectivity index is 1.85. The average Bonchev–Trinajstić information content (AvgIpc) is 2.47. The third kappa shape index (κ3) is 4.55. The number of hydrogen-bond donors (Lipinski definition) is 2. The van der Waals surface area contributed by atoms with Crippen molar-refractivity contribution in [2.24, 2.45) is 0 Å². The first-order valence-electron chi connectivity index (χ1n) is 6.75. The Morgan fingerprint density at radius 3 is 2.62 bits per heavy atom. The number of aromatic hydroxyl groups is 1. The number of benzene rings is 2. The SMILES string of the molecule is C=C(CCNS(=O)c1ccc(C)cc1)c1cccc(O)c1. The Morgan fingerprint density at radius 1 is 1.24 bits per heavy atom. The standard InChI is InChI=1S/C17H19NO2S/c1-13-6-8-17(9-7-13)21(20)18-11-10-14(2)15-4-3-5-16(19)12-15/h3-9,12,18-19H,2,10-11H2,1H3. The molecule has 21 heavy (non-hydrogen) atoms. The van der Waals surface area contributed by atoms with Gasteiger partial charge in [-0.1, -0.05) is 36.4 Å². The van der Waals surface area contributed by atoms with Crippen molar-refractivity contribution in [3.05, 3.63) is 66.2 Å². The van der Waals surface area contributed by atoms with Gasteiger partial charge in [0.2, 0.25) is 0 Å². The number of aryl methyl sites for hydroxylation is 1. The molecule has 2 aromatic carbocycles. The summed E-state index contributed by atoms with van der Waals surface area (Å²) in [6, 6.07) is 14.6. The zero-order valence-electron chi connectivity index (χ0n) is 12.0. The van der Waals surface area contributed by atoms with Crippen LogP contribution in [0.4, 0.5) is 0 Å². The molecule has 2 N–H and O–H groups in total. The lowest BCUT2D eigenvalue weighted by atomic mass is 10.0. The summed E-state index contributed by atoms with van der Waals surface area (Å²) in [4.78, 5) is 0.767. The number of nitrogens with one attached hydrogen (secondary N) is 1. The Kier molecular flexibility index (Phi) is 5.31. The summed E-state index contributed by atoms with van der Waals surface area (Å²) in [5, 5.41) is 9.44. The predicted molar refractivity (Wildman–Crippen MR) is 87.3 cm³/mol. The van der Waals surface area contributed by atoms with Gasteiger partial charge in [-0.25, -0.2) is 8.93 Å². The van der Waals surface area contributed by atoms with Gasteiger partial charge in [0.1, 0.15) is 16.7 Å². The van der Waals surface area contributed by atoms with Crippen molar-refractivity contribution in [1.82, 2.24) is 4.72 Å². The van der Waals surface area contributed by atoms with Crippen LogP contribution in [0.3, 0.4) is 0 Å². The Labute approximate surface area is 127 Å². The van der Waals surface area contributed by atoms with Gasteiger partial charge in [0, 0.05) is 6.54 Å². The monoisotopic (exact) mass is 301 g/mol. The average molecular weight is 301 g/mol. The van der Waals surface area contributed by atoms with E-state index in [4.69, 9.17) is 0 Å². The van der Waals surface area contributed by atoms with Crippen LogP contribution in [0.1, 0.15) is 17.5 Å². The van der Waals surface area contributed by atoms with Crippen molar-refractivity contribution in [3.63, 3.8) is 0 Å². The summed E-state index contributed by atoms with van der Waals surface area (Å²) in [5.41, 5.74) is 2.95. The van der Waals surface area contributed by atoms with Gasteiger partial charge in [0.25, 0.3) is 0 Å². The van der Waals surface area contributed by atoms with E-state index in [1.54, 1.807) is 18.2 Å². The summed E-state index contributed by atoms with van der Waals surface area (Å²) >= 11 is 0. The first-order chi connectivity index (χ1) is 10.1. The highest BCUT2D eigenvalue weighted by Crippen LogP contribution is 2.20. The second-order valence-electron chi connectivity index (χ2n) is 4.88. The Hall–Kier alpha value is -1.91. The molecule has 4 heteroatoms. The molecule has 0 amide bonds. The Morgan fingerprint density at radius 2 is 1.95 bits per heavy atom. The van der Waals surface area contributed by atoms with Crippen molar-refractivity contribution in [3.8, 4) is 5.75 Å². The third-order valence-corrected chi connectivity index (χ3v) is 4.32. The van der Waals surface area contributed by atoms with Gasteiger partial charge in [0.05, 0.1) is 4.90 Å². The number of phenols is 1. The molecule has 0 aliphatic heterocycles. The molecule has 2 rings (SSSR count). The lowest BCUT2D eigenvalue weighted by Crippen LogP contribution is -2.18. The van der Waals surface area contributed by atoms with Crippen LogP contribution >= 0.6 is 0 Å². The maximum absolute atomic E-state index is 12.1. The van der Waals surface area contributed by atoms with Crippen molar-refractivity contribution in [1.29, 1.82) is 0 Å². The summed E-state index contributed by atoms with van der Waals surface area (Å²) in [6.45, 7) is 6.56.